The molecule has 0 aliphatic heterocycles. The molecule has 0 bridgehead atoms. The van der Waals surface area contributed by atoms with E-state index in [0.717, 1.165) is 12.8 Å². The second kappa shape index (κ2) is 5.88. The Hall–Kier alpha value is -0.870. The molecule has 1 N–H and O–H groups in total. The van der Waals surface area contributed by atoms with Crippen molar-refractivity contribution in [3.05, 3.63) is 12.7 Å². The fraction of sp³-hybridized carbons (Fsp3) is 0.727. The summed E-state index contributed by atoms with van der Waals surface area (Å²) in [5.74, 6) is 0.132. The van der Waals surface area contributed by atoms with Crippen LogP contribution in [-0.2, 0) is 4.79 Å². The molecule has 86 valence electrons. The molecule has 0 heterocycles. The number of hydrogen-bond donors (Lipinski definition) is 1. The van der Waals surface area contributed by atoms with Gasteiger partial charge in [0.2, 0.25) is 5.91 Å². The third kappa shape index (κ3) is 4.01. The summed E-state index contributed by atoms with van der Waals surface area (Å²) in [6.07, 6.45) is 4.01. The first kappa shape index (κ1) is 12.2. The quantitative estimate of drug-likeness (QED) is 0.608. The molecule has 1 aliphatic carbocycles. The summed E-state index contributed by atoms with van der Waals surface area (Å²) in [5.41, 5.74) is 0. The van der Waals surface area contributed by atoms with E-state index in [0.29, 0.717) is 25.7 Å². The number of likely N-dealkylation sites (N-methyl/N-ethyl adjacent to an activating group) is 1. The Balaban J connectivity index is 2.34. The Kier molecular flexibility index (Phi) is 4.78. The summed E-state index contributed by atoms with van der Waals surface area (Å²) >= 11 is 0. The summed E-state index contributed by atoms with van der Waals surface area (Å²) in [5, 5.41) is 8.84. The molecule has 15 heavy (non-hydrogen) atoms. The van der Waals surface area contributed by atoms with Gasteiger partial charge >= 0.3 is 0 Å². The molecule has 4 heteroatoms. The molecule has 0 spiro atoms. The lowest BCUT2D eigenvalue weighted by molar-refractivity contribution is -0.131. The predicted molar refractivity (Wildman–Crippen MR) is 59.5 cm³/mol. The van der Waals surface area contributed by atoms with Crippen LogP contribution in [0.15, 0.2) is 12.7 Å². The molecule has 0 aromatic carbocycles. The minimum atomic E-state index is 0.0776. The van der Waals surface area contributed by atoms with Crippen LogP contribution in [0.5, 0.6) is 0 Å². The molecular formula is C11H20N2O2. The Morgan fingerprint density at radius 2 is 2.27 bits per heavy atom. The van der Waals surface area contributed by atoms with Gasteiger partial charge < -0.3 is 10.0 Å². The zero-order valence-corrected chi connectivity index (χ0v) is 9.35. The number of rotatable bonds is 7. The van der Waals surface area contributed by atoms with Crippen LogP contribution < -0.4 is 0 Å². The summed E-state index contributed by atoms with van der Waals surface area (Å²) < 4.78 is 0. The molecule has 1 aliphatic rings. The van der Waals surface area contributed by atoms with Crippen LogP contribution in [0.1, 0.15) is 12.8 Å². The van der Waals surface area contributed by atoms with Gasteiger partial charge in [0, 0.05) is 26.2 Å². The molecule has 0 unspecified atom stereocenters. The Morgan fingerprint density at radius 3 is 2.73 bits per heavy atom. The summed E-state index contributed by atoms with van der Waals surface area (Å²) in [7, 11) is 1.85. The largest absolute Gasteiger partial charge is 0.395 e. The summed E-state index contributed by atoms with van der Waals surface area (Å²) in [6, 6.07) is 0.456. The topological polar surface area (TPSA) is 43.8 Å². The van der Waals surface area contributed by atoms with E-state index in [4.69, 9.17) is 5.11 Å². The lowest BCUT2D eigenvalue weighted by Gasteiger charge is -2.23. The SMILES string of the molecule is C=CCN(CCO)CC(=O)N(C)C1CC1. The highest BCUT2D eigenvalue weighted by atomic mass is 16.3. The highest BCUT2D eigenvalue weighted by molar-refractivity contribution is 5.78. The smallest absolute Gasteiger partial charge is 0.236 e. The van der Waals surface area contributed by atoms with Crippen LogP contribution in [0, 0.1) is 0 Å². The molecule has 1 amide bonds. The average Bonchev–Trinajstić information content (AvgIpc) is 3.00. The minimum absolute atomic E-state index is 0.0776. The first-order valence-corrected chi connectivity index (χ1v) is 5.38. The van der Waals surface area contributed by atoms with Crippen molar-refractivity contribution >= 4 is 5.91 Å². The molecule has 0 radical (unpaired) electrons. The van der Waals surface area contributed by atoms with Gasteiger partial charge in [0.15, 0.2) is 0 Å². The highest BCUT2D eigenvalue weighted by Gasteiger charge is 2.29. The third-order valence-electron chi connectivity index (χ3n) is 2.65. The molecule has 1 rings (SSSR count). The maximum absolute atomic E-state index is 11.8. The highest BCUT2D eigenvalue weighted by Crippen LogP contribution is 2.25. The van der Waals surface area contributed by atoms with Crippen LogP contribution in [-0.4, -0.2) is 60.1 Å². The number of carbonyl (C=O) groups excluding carboxylic acids is 1. The van der Waals surface area contributed by atoms with Crippen molar-refractivity contribution in [3.8, 4) is 0 Å². The molecule has 0 saturated heterocycles. The normalized spacial score (nSPS) is 15.4. The lowest BCUT2D eigenvalue weighted by Crippen LogP contribution is -2.40. The fourth-order valence-corrected chi connectivity index (χ4v) is 1.53. The van der Waals surface area contributed by atoms with E-state index in [1.54, 1.807) is 6.08 Å². The number of aliphatic hydroxyl groups excluding tert-OH is 1. The molecule has 0 aromatic rings. The number of aliphatic hydroxyl groups is 1. The van der Waals surface area contributed by atoms with Gasteiger partial charge in [0.1, 0.15) is 0 Å². The van der Waals surface area contributed by atoms with E-state index in [-0.39, 0.29) is 12.5 Å². The average molecular weight is 212 g/mol. The Labute approximate surface area is 91.2 Å². The van der Waals surface area contributed by atoms with Crippen LogP contribution in [0.4, 0.5) is 0 Å². The van der Waals surface area contributed by atoms with Crippen molar-refractivity contribution in [2.24, 2.45) is 0 Å². The van der Waals surface area contributed by atoms with E-state index in [1.807, 2.05) is 16.8 Å². The number of amides is 1. The minimum Gasteiger partial charge on any atom is -0.395 e. The van der Waals surface area contributed by atoms with Gasteiger partial charge in [0.05, 0.1) is 13.2 Å². The predicted octanol–water partition coefficient (Wildman–Crippen LogP) is 0.0875. The van der Waals surface area contributed by atoms with Gasteiger partial charge in [-0.25, -0.2) is 0 Å². The zero-order valence-electron chi connectivity index (χ0n) is 9.35. The van der Waals surface area contributed by atoms with Gasteiger partial charge in [-0.05, 0) is 12.8 Å². The van der Waals surface area contributed by atoms with Crippen molar-refractivity contribution in [2.75, 3.05) is 33.3 Å². The molecule has 0 atom stereocenters. The van der Waals surface area contributed by atoms with Crippen molar-refractivity contribution in [3.63, 3.8) is 0 Å². The fourth-order valence-electron chi connectivity index (χ4n) is 1.53. The van der Waals surface area contributed by atoms with Crippen molar-refractivity contribution in [1.29, 1.82) is 0 Å². The first-order valence-electron chi connectivity index (χ1n) is 5.38. The van der Waals surface area contributed by atoms with Crippen molar-refractivity contribution < 1.29 is 9.90 Å². The van der Waals surface area contributed by atoms with E-state index in [2.05, 4.69) is 6.58 Å². The Morgan fingerprint density at radius 1 is 1.60 bits per heavy atom. The van der Waals surface area contributed by atoms with Crippen LogP contribution in [0.25, 0.3) is 0 Å². The maximum atomic E-state index is 11.8. The molecular weight excluding hydrogens is 192 g/mol. The van der Waals surface area contributed by atoms with Gasteiger partial charge in [-0.2, -0.15) is 0 Å². The van der Waals surface area contributed by atoms with Gasteiger partial charge in [-0.3, -0.25) is 9.69 Å². The van der Waals surface area contributed by atoms with Crippen LogP contribution in [0.3, 0.4) is 0 Å². The molecule has 1 saturated carbocycles. The standard InChI is InChI=1S/C11H20N2O2/c1-3-6-13(7-8-14)9-11(15)12(2)10-4-5-10/h3,10,14H,1,4-9H2,2H3. The van der Waals surface area contributed by atoms with Gasteiger partial charge in [0.25, 0.3) is 0 Å². The zero-order chi connectivity index (χ0) is 11.3. The monoisotopic (exact) mass is 212 g/mol. The second-order valence-corrected chi connectivity index (χ2v) is 3.98. The second-order valence-electron chi connectivity index (χ2n) is 3.98. The van der Waals surface area contributed by atoms with E-state index < -0.39 is 0 Å². The Bertz CT molecular complexity index is 227. The number of nitrogens with zero attached hydrogens (tertiary/aromatic N) is 2. The van der Waals surface area contributed by atoms with E-state index in [1.165, 1.54) is 0 Å². The first-order chi connectivity index (χ1) is 7.19. The molecule has 1 fully saturated rings. The third-order valence-corrected chi connectivity index (χ3v) is 2.65. The van der Waals surface area contributed by atoms with Crippen LogP contribution >= 0.6 is 0 Å². The number of hydrogen-bond acceptors (Lipinski definition) is 3. The van der Waals surface area contributed by atoms with E-state index in [9.17, 15) is 4.79 Å². The van der Waals surface area contributed by atoms with Crippen molar-refractivity contribution in [1.82, 2.24) is 9.80 Å². The summed E-state index contributed by atoms with van der Waals surface area (Å²) in [6.45, 7) is 5.25. The van der Waals surface area contributed by atoms with Gasteiger partial charge in [-0.1, -0.05) is 6.08 Å². The van der Waals surface area contributed by atoms with Crippen molar-refractivity contribution in [2.45, 2.75) is 18.9 Å². The van der Waals surface area contributed by atoms with E-state index >= 15 is 0 Å². The number of carbonyl (C=O) groups is 1. The molecule has 4 nitrogen and oxygen atoms in total. The van der Waals surface area contributed by atoms with Crippen LogP contribution in [0.2, 0.25) is 0 Å². The lowest BCUT2D eigenvalue weighted by atomic mass is 10.4. The molecule has 0 aromatic heterocycles. The van der Waals surface area contributed by atoms with Gasteiger partial charge in [-0.15, -0.1) is 6.58 Å². The maximum Gasteiger partial charge on any atom is 0.236 e. The summed E-state index contributed by atoms with van der Waals surface area (Å²) in [4.78, 5) is 15.5.